The number of carbonyl (C=O) groups is 2. The second-order valence-corrected chi connectivity index (χ2v) is 5.89. The molecule has 25 heavy (non-hydrogen) atoms. The quantitative estimate of drug-likeness (QED) is 0.806. The molecule has 2 aromatic carbocycles. The minimum Gasteiger partial charge on any atom is -0.489 e. The zero-order chi connectivity index (χ0) is 18.4. The van der Waals surface area contributed by atoms with Crippen molar-refractivity contribution >= 4 is 11.9 Å². The molecule has 0 radical (unpaired) electrons. The van der Waals surface area contributed by atoms with Gasteiger partial charge in [0.25, 0.3) is 5.91 Å². The molecule has 2 N–H and O–H groups in total. The van der Waals surface area contributed by atoms with Crippen LogP contribution in [-0.4, -0.2) is 22.5 Å². The Hall–Kier alpha value is -2.89. The van der Waals surface area contributed by atoms with Crippen molar-refractivity contribution in [1.82, 2.24) is 5.32 Å². The Morgan fingerprint density at radius 2 is 1.92 bits per heavy atom. The van der Waals surface area contributed by atoms with Crippen LogP contribution in [0.3, 0.4) is 0 Å². The van der Waals surface area contributed by atoms with Crippen molar-refractivity contribution in [2.45, 2.75) is 32.4 Å². The number of rotatable bonds is 7. The third-order valence-electron chi connectivity index (χ3n) is 3.96. The van der Waals surface area contributed by atoms with Gasteiger partial charge in [-0.05, 0) is 43.2 Å². The summed E-state index contributed by atoms with van der Waals surface area (Å²) in [7, 11) is 0. The van der Waals surface area contributed by atoms with Gasteiger partial charge in [0.2, 0.25) is 0 Å². The largest absolute Gasteiger partial charge is 0.489 e. The summed E-state index contributed by atoms with van der Waals surface area (Å²) in [6.45, 7) is 3.32. The van der Waals surface area contributed by atoms with Gasteiger partial charge < -0.3 is 15.2 Å². The van der Waals surface area contributed by atoms with Crippen molar-refractivity contribution in [1.29, 1.82) is 0 Å². The molecule has 0 saturated carbocycles. The van der Waals surface area contributed by atoms with Gasteiger partial charge in [0, 0.05) is 11.6 Å². The molecule has 0 fully saturated rings. The van der Waals surface area contributed by atoms with Crippen LogP contribution in [0.5, 0.6) is 5.75 Å². The molecule has 0 aliphatic heterocycles. The summed E-state index contributed by atoms with van der Waals surface area (Å²) in [6.07, 6.45) is 0.260. The third-order valence-corrected chi connectivity index (χ3v) is 3.96. The number of benzene rings is 2. The van der Waals surface area contributed by atoms with Crippen molar-refractivity contribution < 1.29 is 23.8 Å². The van der Waals surface area contributed by atoms with E-state index in [1.54, 1.807) is 43.3 Å². The Morgan fingerprint density at radius 3 is 2.56 bits per heavy atom. The van der Waals surface area contributed by atoms with Gasteiger partial charge in [-0.3, -0.25) is 4.79 Å². The molecule has 2 aromatic rings. The van der Waals surface area contributed by atoms with E-state index in [0.717, 1.165) is 0 Å². The van der Waals surface area contributed by atoms with E-state index in [0.29, 0.717) is 16.9 Å². The fraction of sp³-hybridized carbons (Fsp3) is 0.263. The van der Waals surface area contributed by atoms with Gasteiger partial charge in [-0.2, -0.15) is 0 Å². The molecule has 0 saturated heterocycles. The maximum atomic E-state index is 13.1. The number of halogens is 1. The Morgan fingerprint density at radius 1 is 1.20 bits per heavy atom. The molecule has 2 rings (SSSR count). The SMILES string of the molecule is CCC(C)(NC(=O)c1cccc(COc2cccc(F)c2)c1)C(=O)O. The predicted octanol–water partition coefficient (Wildman–Crippen LogP) is 3.39. The van der Waals surface area contributed by atoms with Crippen molar-refractivity contribution in [3.63, 3.8) is 0 Å². The lowest BCUT2D eigenvalue weighted by Gasteiger charge is -2.24. The lowest BCUT2D eigenvalue weighted by atomic mass is 9.98. The van der Waals surface area contributed by atoms with E-state index in [9.17, 15) is 19.1 Å². The first kappa shape index (κ1) is 18.4. The van der Waals surface area contributed by atoms with E-state index >= 15 is 0 Å². The number of amides is 1. The first-order valence-corrected chi connectivity index (χ1v) is 7.87. The topological polar surface area (TPSA) is 75.6 Å². The third kappa shape index (κ3) is 4.79. The molecular weight excluding hydrogens is 325 g/mol. The van der Waals surface area contributed by atoms with Crippen LogP contribution in [0.1, 0.15) is 36.2 Å². The Labute approximate surface area is 145 Å². The molecule has 0 spiro atoms. The van der Waals surface area contributed by atoms with Crippen LogP contribution in [0.15, 0.2) is 48.5 Å². The monoisotopic (exact) mass is 345 g/mol. The number of carboxylic acids is 1. The number of carbonyl (C=O) groups excluding carboxylic acids is 1. The molecule has 1 amide bonds. The molecule has 0 aliphatic carbocycles. The minimum atomic E-state index is -1.33. The Balaban J connectivity index is 2.07. The first-order chi connectivity index (χ1) is 11.8. The summed E-state index contributed by atoms with van der Waals surface area (Å²) >= 11 is 0. The fourth-order valence-electron chi connectivity index (χ4n) is 2.14. The Bertz CT molecular complexity index is 778. The van der Waals surface area contributed by atoms with E-state index < -0.39 is 23.2 Å². The molecule has 1 unspecified atom stereocenters. The van der Waals surface area contributed by atoms with Crippen molar-refractivity contribution in [3.05, 3.63) is 65.5 Å². The van der Waals surface area contributed by atoms with Crippen molar-refractivity contribution in [2.24, 2.45) is 0 Å². The molecule has 132 valence electrons. The number of carboxylic acid groups (broad SMARTS) is 1. The number of hydrogen-bond donors (Lipinski definition) is 2. The minimum absolute atomic E-state index is 0.161. The van der Waals surface area contributed by atoms with Crippen LogP contribution < -0.4 is 10.1 Å². The summed E-state index contributed by atoms with van der Waals surface area (Å²) in [5, 5.41) is 11.8. The molecule has 1 atom stereocenters. The lowest BCUT2D eigenvalue weighted by molar-refractivity contribution is -0.143. The summed E-state index contributed by atoms with van der Waals surface area (Å²) in [6, 6.07) is 12.5. The van der Waals surface area contributed by atoms with Gasteiger partial charge in [-0.1, -0.05) is 25.1 Å². The van der Waals surface area contributed by atoms with E-state index in [-0.39, 0.29) is 13.0 Å². The van der Waals surface area contributed by atoms with Crippen LogP contribution in [0.2, 0.25) is 0 Å². The summed E-state index contributed by atoms with van der Waals surface area (Å²) in [4.78, 5) is 23.6. The highest BCUT2D eigenvalue weighted by atomic mass is 19.1. The van der Waals surface area contributed by atoms with Crippen LogP contribution in [0.4, 0.5) is 4.39 Å². The van der Waals surface area contributed by atoms with Gasteiger partial charge in [0.05, 0.1) is 0 Å². The first-order valence-electron chi connectivity index (χ1n) is 7.87. The summed E-state index contributed by atoms with van der Waals surface area (Å²) < 4.78 is 18.6. The zero-order valence-corrected chi connectivity index (χ0v) is 14.1. The normalized spacial score (nSPS) is 12.9. The molecule has 0 bridgehead atoms. The maximum absolute atomic E-state index is 13.1. The summed E-state index contributed by atoms with van der Waals surface area (Å²) in [5.74, 6) is -1.56. The standard InChI is InChI=1S/C19H20FNO4/c1-3-19(2,18(23)24)21-17(22)14-7-4-6-13(10-14)12-25-16-9-5-8-15(20)11-16/h4-11H,3,12H2,1-2H3,(H,21,22)(H,23,24). The van der Waals surface area contributed by atoms with Gasteiger partial charge in [-0.25, -0.2) is 9.18 Å². The predicted molar refractivity (Wildman–Crippen MR) is 91.0 cm³/mol. The Kier molecular flexibility index (Phi) is 5.75. The van der Waals surface area contributed by atoms with E-state index in [1.165, 1.54) is 19.1 Å². The van der Waals surface area contributed by atoms with Gasteiger partial charge >= 0.3 is 5.97 Å². The molecule has 0 aromatic heterocycles. The van der Waals surface area contributed by atoms with Crippen LogP contribution in [0, 0.1) is 5.82 Å². The molecule has 5 nitrogen and oxygen atoms in total. The molecule has 0 aliphatic rings. The number of hydrogen-bond acceptors (Lipinski definition) is 3. The number of ether oxygens (including phenoxy) is 1. The fourth-order valence-corrected chi connectivity index (χ4v) is 2.14. The van der Waals surface area contributed by atoms with Crippen LogP contribution >= 0.6 is 0 Å². The number of nitrogens with one attached hydrogen (secondary N) is 1. The summed E-state index contributed by atoms with van der Waals surface area (Å²) in [5.41, 5.74) is -0.280. The van der Waals surface area contributed by atoms with Crippen molar-refractivity contribution in [3.8, 4) is 5.75 Å². The molecule has 6 heteroatoms. The second kappa shape index (κ2) is 7.79. The van der Waals surface area contributed by atoms with Gasteiger partial charge in [0.15, 0.2) is 0 Å². The highest BCUT2D eigenvalue weighted by molar-refractivity contribution is 5.97. The molecular formula is C19H20FNO4. The van der Waals surface area contributed by atoms with E-state index in [4.69, 9.17) is 4.74 Å². The van der Waals surface area contributed by atoms with E-state index in [2.05, 4.69) is 5.32 Å². The van der Waals surface area contributed by atoms with Crippen LogP contribution in [0.25, 0.3) is 0 Å². The molecule has 0 heterocycles. The highest BCUT2D eigenvalue weighted by Gasteiger charge is 2.33. The average molecular weight is 345 g/mol. The van der Waals surface area contributed by atoms with Crippen LogP contribution in [-0.2, 0) is 11.4 Å². The number of aliphatic carboxylic acids is 1. The average Bonchev–Trinajstić information content (AvgIpc) is 2.60. The lowest BCUT2D eigenvalue weighted by Crippen LogP contribution is -2.51. The highest BCUT2D eigenvalue weighted by Crippen LogP contribution is 2.16. The maximum Gasteiger partial charge on any atom is 0.329 e. The van der Waals surface area contributed by atoms with Gasteiger partial charge in [0.1, 0.15) is 23.7 Å². The van der Waals surface area contributed by atoms with Crippen molar-refractivity contribution in [2.75, 3.05) is 0 Å². The smallest absolute Gasteiger partial charge is 0.329 e. The van der Waals surface area contributed by atoms with E-state index in [1.807, 2.05) is 0 Å². The second-order valence-electron chi connectivity index (χ2n) is 5.89. The zero-order valence-electron chi connectivity index (χ0n) is 14.1. The van der Waals surface area contributed by atoms with Gasteiger partial charge in [-0.15, -0.1) is 0 Å².